The van der Waals surface area contributed by atoms with Crippen LogP contribution in [0.5, 0.6) is 0 Å². The number of aliphatic carboxylic acids is 1. The molecule has 0 saturated heterocycles. The summed E-state index contributed by atoms with van der Waals surface area (Å²) >= 11 is 0. The molecule has 1 unspecified atom stereocenters. The second-order valence-electron chi connectivity index (χ2n) is 4.46. The Morgan fingerprint density at radius 1 is 1.44 bits per heavy atom. The van der Waals surface area contributed by atoms with Gasteiger partial charge >= 0.3 is 5.97 Å². The van der Waals surface area contributed by atoms with Gasteiger partial charge in [-0.25, -0.2) is 0 Å². The zero-order chi connectivity index (χ0) is 13.9. The highest BCUT2D eigenvalue weighted by Crippen LogP contribution is 2.14. The van der Waals surface area contributed by atoms with E-state index in [0.29, 0.717) is 12.2 Å². The number of aryl methyl sites for hydroxylation is 1. The SMILES string of the molecule is CCn1nc(C(C)C)cc1C(=O)NC(C)C(=O)O. The predicted molar refractivity (Wildman–Crippen MR) is 66.6 cm³/mol. The average molecular weight is 253 g/mol. The first-order valence-electron chi connectivity index (χ1n) is 5.98. The van der Waals surface area contributed by atoms with Crippen LogP contribution in [0.4, 0.5) is 0 Å². The Morgan fingerprint density at radius 3 is 2.50 bits per heavy atom. The molecule has 0 aliphatic rings. The van der Waals surface area contributed by atoms with Gasteiger partial charge in [0, 0.05) is 6.54 Å². The van der Waals surface area contributed by atoms with Crippen molar-refractivity contribution < 1.29 is 14.7 Å². The molecule has 0 spiro atoms. The molecule has 0 fully saturated rings. The molecule has 1 amide bonds. The lowest BCUT2D eigenvalue weighted by molar-refractivity contribution is -0.138. The summed E-state index contributed by atoms with van der Waals surface area (Å²) in [5, 5.41) is 15.5. The number of carbonyl (C=O) groups excluding carboxylic acids is 1. The second kappa shape index (κ2) is 5.66. The third-order valence-corrected chi connectivity index (χ3v) is 2.64. The molecule has 0 aliphatic carbocycles. The third kappa shape index (κ3) is 3.09. The molecule has 100 valence electrons. The van der Waals surface area contributed by atoms with Gasteiger partial charge in [0.25, 0.3) is 5.91 Å². The van der Waals surface area contributed by atoms with E-state index in [2.05, 4.69) is 10.4 Å². The third-order valence-electron chi connectivity index (χ3n) is 2.64. The summed E-state index contributed by atoms with van der Waals surface area (Å²) in [6.45, 7) is 7.86. The first-order chi connectivity index (χ1) is 8.36. The van der Waals surface area contributed by atoms with E-state index >= 15 is 0 Å². The van der Waals surface area contributed by atoms with Crippen LogP contribution < -0.4 is 5.32 Å². The van der Waals surface area contributed by atoms with Gasteiger partial charge in [-0.15, -0.1) is 0 Å². The van der Waals surface area contributed by atoms with E-state index in [1.807, 2.05) is 20.8 Å². The molecule has 1 rings (SSSR count). The molecule has 0 bridgehead atoms. The van der Waals surface area contributed by atoms with Gasteiger partial charge in [0.2, 0.25) is 0 Å². The van der Waals surface area contributed by atoms with Crippen molar-refractivity contribution in [2.24, 2.45) is 0 Å². The fraction of sp³-hybridized carbons (Fsp3) is 0.583. The Morgan fingerprint density at radius 2 is 2.06 bits per heavy atom. The number of aromatic nitrogens is 2. The van der Waals surface area contributed by atoms with Crippen LogP contribution in [0, 0.1) is 0 Å². The lowest BCUT2D eigenvalue weighted by atomic mass is 10.1. The molecule has 6 heteroatoms. The van der Waals surface area contributed by atoms with Gasteiger partial charge in [0.15, 0.2) is 0 Å². The summed E-state index contributed by atoms with van der Waals surface area (Å²) in [5.74, 6) is -1.25. The minimum atomic E-state index is -1.06. The summed E-state index contributed by atoms with van der Waals surface area (Å²) in [6.07, 6.45) is 0. The van der Waals surface area contributed by atoms with Gasteiger partial charge < -0.3 is 10.4 Å². The normalized spacial score (nSPS) is 12.5. The fourth-order valence-electron chi connectivity index (χ4n) is 1.47. The van der Waals surface area contributed by atoms with E-state index < -0.39 is 17.9 Å². The summed E-state index contributed by atoms with van der Waals surface area (Å²) in [6, 6.07) is 0.790. The Kier molecular flexibility index (Phi) is 4.47. The highest BCUT2D eigenvalue weighted by atomic mass is 16.4. The first-order valence-corrected chi connectivity index (χ1v) is 5.98. The van der Waals surface area contributed by atoms with Crippen LogP contribution >= 0.6 is 0 Å². The van der Waals surface area contributed by atoms with Crippen molar-refractivity contribution in [3.05, 3.63) is 17.5 Å². The van der Waals surface area contributed by atoms with Crippen LogP contribution in [-0.4, -0.2) is 32.8 Å². The average Bonchev–Trinajstić information content (AvgIpc) is 2.72. The molecule has 6 nitrogen and oxygen atoms in total. The maximum atomic E-state index is 11.9. The summed E-state index contributed by atoms with van der Waals surface area (Å²) < 4.78 is 1.58. The highest BCUT2D eigenvalue weighted by molar-refractivity contribution is 5.95. The zero-order valence-electron chi connectivity index (χ0n) is 11.1. The summed E-state index contributed by atoms with van der Waals surface area (Å²) in [4.78, 5) is 22.6. The predicted octanol–water partition coefficient (Wildman–Crippen LogP) is 1.23. The Hall–Kier alpha value is -1.85. The maximum absolute atomic E-state index is 11.9. The number of carboxylic acid groups (broad SMARTS) is 1. The smallest absolute Gasteiger partial charge is 0.325 e. The van der Waals surface area contributed by atoms with Crippen molar-refractivity contribution in [1.82, 2.24) is 15.1 Å². The molecule has 0 radical (unpaired) electrons. The van der Waals surface area contributed by atoms with E-state index in [0.717, 1.165) is 5.69 Å². The first kappa shape index (κ1) is 14.2. The summed E-state index contributed by atoms with van der Waals surface area (Å²) in [7, 11) is 0. The van der Waals surface area contributed by atoms with Crippen LogP contribution in [0.3, 0.4) is 0 Å². The van der Waals surface area contributed by atoms with Crippen molar-refractivity contribution in [3.8, 4) is 0 Å². The molecular formula is C12H19N3O3. The van der Waals surface area contributed by atoms with Crippen LogP contribution in [0.15, 0.2) is 6.07 Å². The van der Waals surface area contributed by atoms with Crippen LogP contribution in [0.25, 0.3) is 0 Å². The van der Waals surface area contributed by atoms with Crippen molar-refractivity contribution in [1.29, 1.82) is 0 Å². The van der Waals surface area contributed by atoms with Gasteiger partial charge in [-0.3, -0.25) is 14.3 Å². The number of nitrogens with zero attached hydrogens (tertiary/aromatic N) is 2. The standard InChI is InChI=1S/C12H19N3O3/c1-5-15-10(6-9(14-15)7(2)3)11(16)13-8(4)12(17)18/h6-8H,5H2,1-4H3,(H,13,16)(H,17,18). The van der Waals surface area contributed by atoms with Gasteiger partial charge in [-0.2, -0.15) is 5.10 Å². The molecular weight excluding hydrogens is 234 g/mol. The monoisotopic (exact) mass is 253 g/mol. The Bertz CT molecular complexity index is 451. The summed E-state index contributed by atoms with van der Waals surface area (Å²) in [5.41, 5.74) is 1.22. The molecule has 0 aliphatic heterocycles. The van der Waals surface area contributed by atoms with Crippen LogP contribution in [-0.2, 0) is 11.3 Å². The number of carboxylic acids is 1. The van der Waals surface area contributed by atoms with Gasteiger partial charge in [-0.1, -0.05) is 13.8 Å². The van der Waals surface area contributed by atoms with Crippen molar-refractivity contribution in [2.75, 3.05) is 0 Å². The van der Waals surface area contributed by atoms with E-state index in [-0.39, 0.29) is 5.92 Å². The van der Waals surface area contributed by atoms with Crippen LogP contribution in [0.1, 0.15) is 49.8 Å². The number of hydrogen-bond donors (Lipinski definition) is 2. The van der Waals surface area contributed by atoms with E-state index in [1.54, 1.807) is 10.7 Å². The molecule has 1 aromatic heterocycles. The van der Waals surface area contributed by atoms with Gasteiger partial charge in [-0.05, 0) is 25.8 Å². The molecule has 18 heavy (non-hydrogen) atoms. The maximum Gasteiger partial charge on any atom is 0.325 e. The number of hydrogen-bond acceptors (Lipinski definition) is 3. The van der Waals surface area contributed by atoms with Crippen molar-refractivity contribution >= 4 is 11.9 Å². The van der Waals surface area contributed by atoms with Crippen molar-refractivity contribution in [2.45, 2.75) is 46.2 Å². The number of carbonyl (C=O) groups is 2. The number of rotatable bonds is 5. The van der Waals surface area contributed by atoms with Crippen molar-refractivity contribution in [3.63, 3.8) is 0 Å². The molecule has 0 aromatic carbocycles. The minimum absolute atomic E-state index is 0.223. The lowest BCUT2D eigenvalue weighted by Gasteiger charge is -2.09. The quantitative estimate of drug-likeness (QED) is 0.826. The molecule has 2 N–H and O–H groups in total. The minimum Gasteiger partial charge on any atom is -0.480 e. The topological polar surface area (TPSA) is 84.2 Å². The second-order valence-corrected chi connectivity index (χ2v) is 4.46. The van der Waals surface area contributed by atoms with E-state index in [1.165, 1.54) is 6.92 Å². The van der Waals surface area contributed by atoms with Gasteiger partial charge in [0.05, 0.1) is 5.69 Å². The van der Waals surface area contributed by atoms with Gasteiger partial charge in [0.1, 0.15) is 11.7 Å². The van der Waals surface area contributed by atoms with E-state index in [4.69, 9.17) is 5.11 Å². The van der Waals surface area contributed by atoms with E-state index in [9.17, 15) is 9.59 Å². The Labute approximate surface area is 106 Å². The molecule has 1 heterocycles. The zero-order valence-corrected chi connectivity index (χ0v) is 11.1. The fourth-order valence-corrected chi connectivity index (χ4v) is 1.47. The molecule has 1 aromatic rings. The Balaban J connectivity index is 2.94. The molecule has 1 atom stereocenters. The number of amides is 1. The highest BCUT2D eigenvalue weighted by Gasteiger charge is 2.20. The number of nitrogens with one attached hydrogen (secondary N) is 1. The molecule has 0 saturated carbocycles. The lowest BCUT2D eigenvalue weighted by Crippen LogP contribution is -2.39. The largest absolute Gasteiger partial charge is 0.480 e. The van der Waals surface area contributed by atoms with Crippen LogP contribution in [0.2, 0.25) is 0 Å².